The van der Waals surface area contributed by atoms with Crippen molar-refractivity contribution < 1.29 is 0 Å². The minimum atomic E-state index is 0.689. The fourth-order valence-corrected chi connectivity index (χ4v) is 3.28. The van der Waals surface area contributed by atoms with Crippen molar-refractivity contribution in [2.75, 3.05) is 13.6 Å². The van der Waals surface area contributed by atoms with Crippen LogP contribution in [0.15, 0.2) is 30.3 Å². The maximum atomic E-state index is 3.36. The van der Waals surface area contributed by atoms with Crippen LogP contribution in [0.5, 0.6) is 0 Å². The molecule has 1 aliphatic rings. The van der Waals surface area contributed by atoms with E-state index >= 15 is 0 Å². The first-order chi connectivity index (χ1) is 8.79. The zero-order valence-electron chi connectivity index (χ0n) is 11.9. The minimum absolute atomic E-state index is 0.689. The molecule has 0 heterocycles. The highest BCUT2D eigenvalue weighted by Crippen LogP contribution is 2.35. The summed E-state index contributed by atoms with van der Waals surface area (Å²) < 4.78 is 0. The van der Waals surface area contributed by atoms with Gasteiger partial charge in [0.1, 0.15) is 0 Å². The average Bonchev–Trinajstić information content (AvgIpc) is 2.42. The fraction of sp³-hybridized carbons (Fsp3) is 0.647. The van der Waals surface area contributed by atoms with Crippen LogP contribution in [0.1, 0.15) is 50.5 Å². The Labute approximate surface area is 112 Å². The minimum Gasteiger partial charge on any atom is -0.319 e. The number of nitrogens with one attached hydrogen (secondary N) is 1. The average molecular weight is 245 g/mol. The van der Waals surface area contributed by atoms with Crippen LogP contribution in [-0.2, 0) is 0 Å². The second-order valence-electron chi connectivity index (χ2n) is 6.03. The molecular formula is C17H27N. The maximum Gasteiger partial charge on any atom is 0.00172 e. The first kappa shape index (κ1) is 13.6. The standard InChI is InChI=1S/C17H27N/c1-14-8-10-15(11-9-14)12-17(13-18-2)16-6-4-3-5-7-16/h3-7,14-15,17-18H,8-13H2,1-2H3. The van der Waals surface area contributed by atoms with Crippen LogP contribution < -0.4 is 5.32 Å². The molecule has 0 aromatic heterocycles. The lowest BCUT2D eigenvalue weighted by Crippen LogP contribution is -2.22. The van der Waals surface area contributed by atoms with Gasteiger partial charge in [0.25, 0.3) is 0 Å². The molecule has 1 unspecified atom stereocenters. The topological polar surface area (TPSA) is 12.0 Å². The second kappa shape index (κ2) is 6.94. The summed E-state index contributed by atoms with van der Waals surface area (Å²) >= 11 is 0. The van der Waals surface area contributed by atoms with E-state index in [9.17, 15) is 0 Å². The first-order valence-corrected chi connectivity index (χ1v) is 7.49. The smallest absolute Gasteiger partial charge is 0.00172 e. The molecule has 0 radical (unpaired) electrons. The van der Waals surface area contributed by atoms with E-state index in [4.69, 9.17) is 0 Å². The molecule has 2 rings (SSSR count). The van der Waals surface area contributed by atoms with Gasteiger partial charge >= 0.3 is 0 Å². The lowest BCUT2D eigenvalue weighted by Gasteiger charge is -2.29. The quantitative estimate of drug-likeness (QED) is 0.819. The molecule has 1 nitrogen and oxygen atoms in total. The van der Waals surface area contributed by atoms with E-state index in [1.165, 1.54) is 37.7 Å². The fourth-order valence-electron chi connectivity index (χ4n) is 3.28. The molecule has 0 saturated heterocycles. The van der Waals surface area contributed by atoms with E-state index in [2.05, 4.69) is 49.6 Å². The Morgan fingerprint density at radius 3 is 2.39 bits per heavy atom. The van der Waals surface area contributed by atoms with Crippen molar-refractivity contribution in [2.24, 2.45) is 11.8 Å². The molecule has 0 bridgehead atoms. The van der Waals surface area contributed by atoms with Crippen LogP contribution in [0.4, 0.5) is 0 Å². The molecule has 1 saturated carbocycles. The van der Waals surface area contributed by atoms with Crippen molar-refractivity contribution in [1.29, 1.82) is 0 Å². The van der Waals surface area contributed by atoms with Gasteiger partial charge in [-0.2, -0.15) is 0 Å². The highest BCUT2D eigenvalue weighted by molar-refractivity contribution is 5.20. The number of hydrogen-bond donors (Lipinski definition) is 1. The summed E-state index contributed by atoms with van der Waals surface area (Å²) in [4.78, 5) is 0. The van der Waals surface area contributed by atoms with Crippen LogP contribution in [0.2, 0.25) is 0 Å². The molecule has 0 aliphatic heterocycles. The summed E-state index contributed by atoms with van der Waals surface area (Å²) in [5.41, 5.74) is 1.51. The highest BCUT2D eigenvalue weighted by atomic mass is 14.8. The number of rotatable bonds is 5. The molecule has 1 N–H and O–H groups in total. The summed E-state index contributed by atoms with van der Waals surface area (Å²) in [5.74, 6) is 2.59. The maximum absolute atomic E-state index is 3.36. The second-order valence-corrected chi connectivity index (χ2v) is 6.03. The van der Waals surface area contributed by atoms with E-state index in [1.807, 2.05) is 0 Å². The number of likely N-dealkylation sites (N-methyl/N-ethyl adjacent to an activating group) is 1. The predicted molar refractivity (Wildman–Crippen MR) is 78.8 cm³/mol. The number of benzene rings is 1. The van der Waals surface area contributed by atoms with Crippen LogP contribution in [0.25, 0.3) is 0 Å². The van der Waals surface area contributed by atoms with Crippen molar-refractivity contribution in [3.63, 3.8) is 0 Å². The Hall–Kier alpha value is -0.820. The van der Waals surface area contributed by atoms with Crippen LogP contribution in [0.3, 0.4) is 0 Å². The van der Waals surface area contributed by atoms with Crippen molar-refractivity contribution in [2.45, 2.75) is 44.9 Å². The molecular weight excluding hydrogens is 218 g/mol. The Balaban J connectivity index is 1.94. The Bertz CT molecular complexity index is 325. The van der Waals surface area contributed by atoms with E-state index in [0.717, 1.165) is 18.4 Å². The predicted octanol–water partition coefficient (Wildman–Crippen LogP) is 4.21. The largest absolute Gasteiger partial charge is 0.319 e. The van der Waals surface area contributed by atoms with Gasteiger partial charge in [0, 0.05) is 6.54 Å². The van der Waals surface area contributed by atoms with Gasteiger partial charge in [-0.05, 0) is 36.8 Å². The molecule has 0 spiro atoms. The Kier molecular flexibility index (Phi) is 5.25. The molecule has 1 heteroatoms. The van der Waals surface area contributed by atoms with Gasteiger partial charge in [-0.25, -0.2) is 0 Å². The van der Waals surface area contributed by atoms with Gasteiger partial charge in [-0.3, -0.25) is 0 Å². The van der Waals surface area contributed by atoms with E-state index < -0.39 is 0 Å². The molecule has 1 fully saturated rings. The van der Waals surface area contributed by atoms with Crippen molar-refractivity contribution in [3.8, 4) is 0 Å². The summed E-state index contributed by atoms with van der Waals surface area (Å²) in [6, 6.07) is 11.0. The SMILES string of the molecule is CNCC(CC1CCC(C)CC1)c1ccccc1. The summed E-state index contributed by atoms with van der Waals surface area (Å²) in [5, 5.41) is 3.36. The molecule has 0 amide bonds. The molecule has 1 aliphatic carbocycles. The van der Waals surface area contributed by atoms with Gasteiger partial charge < -0.3 is 5.32 Å². The van der Waals surface area contributed by atoms with Crippen LogP contribution >= 0.6 is 0 Å². The van der Waals surface area contributed by atoms with E-state index in [-0.39, 0.29) is 0 Å². The van der Waals surface area contributed by atoms with Gasteiger partial charge in [0.2, 0.25) is 0 Å². The van der Waals surface area contributed by atoms with E-state index in [1.54, 1.807) is 0 Å². The van der Waals surface area contributed by atoms with Crippen LogP contribution in [-0.4, -0.2) is 13.6 Å². The zero-order valence-corrected chi connectivity index (χ0v) is 11.9. The Morgan fingerprint density at radius 2 is 1.78 bits per heavy atom. The molecule has 1 atom stereocenters. The lowest BCUT2D eigenvalue weighted by atomic mass is 9.77. The van der Waals surface area contributed by atoms with Crippen LogP contribution in [0, 0.1) is 11.8 Å². The van der Waals surface area contributed by atoms with Gasteiger partial charge in [-0.15, -0.1) is 0 Å². The van der Waals surface area contributed by atoms with Gasteiger partial charge in [0.05, 0.1) is 0 Å². The third-order valence-electron chi connectivity index (χ3n) is 4.47. The van der Waals surface area contributed by atoms with Crippen molar-refractivity contribution in [3.05, 3.63) is 35.9 Å². The zero-order chi connectivity index (χ0) is 12.8. The lowest BCUT2D eigenvalue weighted by molar-refractivity contribution is 0.263. The molecule has 1 aromatic rings. The molecule has 1 aromatic carbocycles. The normalized spacial score (nSPS) is 25.9. The first-order valence-electron chi connectivity index (χ1n) is 7.49. The molecule has 100 valence electrons. The highest BCUT2D eigenvalue weighted by Gasteiger charge is 2.22. The summed E-state index contributed by atoms with van der Waals surface area (Å²) in [6.07, 6.45) is 7.11. The van der Waals surface area contributed by atoms with Gasteiger partial charge in [-0.1, -0.05) is 62.9 Å². The third kappa shape index (κ3) is 3.84. The molecule has 18 heavy (non-hydrogen) atoms. The van der Waals surface area contributed by atoms with E-state index in [0.29, 0.717) is 5.92 Å². The monoisotopic (exact) mass is 245 g/mol. The summed E-state index contributed by atoms with van der Waals surface area (Å²) in [6.45, 7) is 3.51. The Morgan fingerprint density at radius 1 is 1.11 bits per heavy atom. The van der Waals surface area contributed by atoms with Gasteiger partial charge in [0.15, 0.2) is 0 Å². The van der Waals surface area contributed by atoms with Crippen molar-refractivity contribution >= 4 is 0 Å². The number of hydrogen-bond acceptors (Lipinski definition) is 1. The third-order valence-corrected chi connectivity index (χ3v) is 4.47. The van der Waals surface area contributed by atoms with Crippen molar-refractivity contribution in [1.82, 2.24) is 5.32 Å². The summed E-state index contributed by atoms with van der Waals surface area (Å²) in [7, 11) is 2.07.